The maximum Gasteiger partial charge on any atom is 0.125 e. The van der Waals surface area contributed by atoms with E-state index in [1.54, 1.807) is 0 Å². The van der Waals surface area contributed by atoms with Gasteiger partial charge in [-0.1, -0.05) is 0 Å². The zero-order chi connectivity index (χ0) is 5.98. The molecule has 1 heterocycles. The fourth-order valence-electron chi connectivity index (χ4n) is 0.927. The van der Waals surface area contributed by atoms with Gasteiger partial charge < -0.3 is 9.53 Å². The molecular weight excluding hydrogens is 104 g/mol. The van der Waals surface area contributed by atoms with Crippen LogP contribution < -0.4 is 0 Å². The van der Waals surface area contributed by atoms with Gasteiger partial charge in [-0.3, -0.25) is 0 Å². The molecule has 0 radical (unpaired) electrons. The number of hydrogen-bond donors (Lipinski definition) is 0. The average Bonchev–Trinajstić information content (AvgIpc) is 2.14. The van der Waals surface area contributed by atoms with E-state index in [1.807, 2.05) is 6.92 Å². The maximum absolute atomic E-state index is 10.1. The van der Waals surface area contributed by atoms with Crippen LogP contribution in [0.3, 0.4) is 0 Å². The molecule has 0 amide bonds. The van der Waals surface area contributed by atoms with Gasteiger partial charge in [0.1, 0.15) is 6.29 Å². The predicted molar refractivity (Wildman–Crippen MR) is 29.6 cm³/mol. The summed E-state index contributed by atoms with van der Waals surface area (Å²) in [5.74, 6) is 0.162. The lowest BCUT2D eigenvalue weighted by molar-refractivity contribution is -0.112. The average molecular weight is 114 g/mol. The summed E-state index contributed by atoms with van der Waals surface area (Å²) in [6.07, 6.45) is 2.05. The van der Waals surface area contributed by atoms with E-state index in [4.69, 9.17) is 4.74 Å². The Bertz CT molecular complexity index is 90.5. The van der Waals surface area contributed by atoms with E-state index >= 15 is 0 Å². The second-order valence-corrected chi connectivity index (χ2v) is 2.16. The quantitative estimate of drug-likeness (QED) is 0.467. The normalized spacial score (nSPS) is 37.6. The molecular formula is C6H10O2. The number of carbonyl (C=O) groups excluding carboxylic acids is 1. The van der Waals surface area contributed by atoms with Crippen molar-refractivity contribution in [3.8, 4) is 0 Å². The van der Waals surface area contributed by atoms with E-state index < -0.39 is 0 Å². The molecule has 1 fully saturated rings. The van der Waals surface area contributed by atoms with Crippen molar-refractivity contribution in [1.82, 2.24) is 0 Å². The molecule has 1 saturated heterocycles. The molecule has 8 heavy (non-hydrogen) atoms. The number of carbonyl (C=O) groups is 1. The van der Waals surface area contributed by atoms with Gasteiger partial charge in [-0.15, -0.1) is 0 Å². The fraction of sp³-hybridized carbons (Fsp3) is 0.833. The van der Waals surface area contributed by atoms with Crippen molar-refractivity contribution in [1.29, 1.82) is 0 Å². The molecule has 1 rings (SSSR count). The summed E-state index contributed by atoms with van der Waals surface area (Å²) < 4.78 is 5.13. The van der Waals surface area contributed by atoms with Crippen molar-refractivity contribution >= 4 is 6.29 Å². The van der Waals surface area contributed by atoms with Gasteiger partial charge in [0.2, 0.25) is 0 Å². The summed E-state index contributed by atoms with van der Waals surface area (Å²) in [4.78, 5) is 10.1. The van der Waals surface area contributed by atoms with Crippen LogP contribution in [0.4, 0.5) is 0 Å². The molecule has 0 aromatic carbocycles. The summed E-state index contributed by atoms with van der Waals surface area (Å²) >= 11 is 0. The van der Waals surface area contributed by atoms with Gasteiger partial charge in [0.15, 0.2) is 0 Å². The lowest BCUT2D eigenvalue weighted by Gasteiger charge is -2.03. The van der Waals surface area contributed by atoms with Crippen LogP contribution >= 0.6 is 0 Å². The van der Waals surface area contributed by atoms with Crippen LogP contribution in [0.2, 0.25) is 0 Å². The fourth-order valence-corrected chi connectivity index (χ4v) is 0.927. The van der Waals surface area contributed by atoms with Crippen LogP contribution in [0.15, 0.2) is 0 Å². The molecule has 1 aliphatic heterocycles. The minimum Gasteiger partial charge on any atom is -0.378 e. The molecule has 0 saturated carbocycles. The molecule has 0 aromatic heterocycles. The van der Waals surface area contributed by atoms with Gasteiger partial charge >= 0.3 is 0 Å². The summed E-state index contributed by atoms with van der Waals surface area (Å²) in [7, 11) is 0. The Morgan fingerprint density at radius 2 is 2.50 bits per heavy atom. The first kappa shape index (κ1) is 5.76. The highest BCUT2D eigenvalue weighted by Crippen LogP contribution is 2.17. The Kier molecular flexibility index (Phi) is 1.63. The summed E-state index contributed by atoms with van der Waals surface area (Å²) in [5, 5.41) is 0. The molecule has 2 heteroatoms. The number of hydrogen-bond acceptors (Lipinski definition) is 2. The highest BCUT2D eigenvalue weighted by Gasteiger charge is 2.22. The zero-order valence-corrected chi connectivity index (χ0v) is 4.96. The molecule has 1 aliphatic rings. The third kappa shape index (κ3) is 0.892. The van der Waals surface area contributed by atoms with E-state index in [0.717, 1.165) is 19.3 Å². The van der Waals surface area contributed by atoms with E-state index in [2.05, 4.69) is 0 Å². The zero-order valence-electron chi connectivity index (χ0n) is 4.96. The Morgan fingerprint density at radius 1 is 1.75 bits per heavy atom. The van der Waals surface area contributed by atoms with Crippen molar-refractivity contribution in [2.45, 2.75) is 19.4 Å². The molecule has 46 valence electrons. The second-order valence-electron chi connectivity index (χ2n) is 2.16. The van der Waals surface area contributed by atoms with Crippen LogP contribution in [-0.4, -0.2) is 19.0 Å². The lowest BCUT2D eigenvalue weighted by Crippen LogP contribution is -2.11. The molecule has 2 nitrogen and oxygen atoms in total. The third-order valence-electron chi connectivity index (χ3n) is 1.61. The van der Waals surface area contributed by atoms with E-state index in [0.29, 0.717) is 0 Å². The van der Waals surface area contributed by atoms with Crippen molar-refractivity contribution < 1.29 is 9.53 Å². The monoisotopic (exact) mass is 114 g/mol. The van der Waals surface area contributed by atoms with Gasteiger partial charge in [-0.05, 0) is 13.3 Å². The summed E-state index contributed by atoms with van der Waals surface area (Å²) in [6.45, 7) is 2.69. The predicted octanol–water partition coefficient (Wildman–Crippen LogP) is 0.610. The molecule has 1 unspecified atom stereocenters. The Labute approximate surface area is 48.8 Å². The molecule has 0 aromatic rings. The van der Waals surface area contributed by atoms with Crippen molar-refractivity contribution in [3.05, 3.63) is 0 Å². The largest absolute Gasteiger partial charge is 0.378 e. The van der Waals surface area contributed by atoms with Gasteiger partial charge in [-0.25, -0.2) is 0 Å². The minimum atomic E-state index is 0.160. The van der Waals surface area contributed by atoms with Crippen LogP contribution in [0.5, 0.6) is 0 Å². The smallest absolute Gasteiger partial charge is 0.125 e. The van der Waals surface area contributed by atoms with Crippen molar-refractivity contribution in [3.63, 3.8) is 0 Å². The number of aldehydes is 1. The molecule has 0 aliphatic carbocycles. The van der Waals surface area contributed by atoms with Gasteiger partial charge in [-0.2, -0.15) is 0 Å². The van der Waals surface area contributed by atoms with Crippen LogP contribution in [0, 0.1) is 5.92 Å². The van der Waals surface area contributed by atoms with E-state index in [9.17, 15) is 4.79 Å². The van der Waals surface area contributed by atoms with E-state index in [1.165, 1.54) is 0 Å². The lowest BCUT2D eigenvalue weighted by atomic mass is 10.1. The Hall–Kier alpha value is -0.370. The van der Waals surface area contributed by atoms with Crippen LogP contribution in [-0.2, 0) is 9.53 Å². The molecule has 0 N–H and O–H groups in total. The Balaban J connectivity index is 2.41. The van der Waals surface area contributed by atoms with Crippen molar-refractivity contribution in [2.24, 2.45) is 5.92 Å². The topological polar surface area (TPSA) is 26.3 Å². The van der Waals surface area contributed by atoms with Crippen LogP contribution in [0.1, 0.15) is 13.3 Å². The first-order valence-electron chi connectivity index (χ1n) is 2.91. The first-order valence-corrected chi connectivity index (χ1v) is 2.91. The third-order valence-corrected chi connectivity index (χ3v) is 1.61. The minimum absolute atomic E-state index is 0.160. The number of ether oxygens (including phenoxy) is 1. The molecule has 0 spiro atoms. The maximum atomic E-state index is 10.1. The highest BCUT2D eigenvalue weighted by molar-refractivity contribution is 5.54. The Morgan fingerprint density at radius 3 is 2.75 bits per heavy atom. The summed E-state index contributed by atoms with van der Waals surface area (Å²) in [6, 6.07) is 0. The second kappa shape index (κ2) is 2.27. The van der Waals surface area contributed by atoms with Gasteiger partial charge in [0, 0.05) is 12.5 Å². The first-order chi connectivity index (χ1) is 3.84. The van der Waals surface area contributed by atoms with Gasteiger partial charge in [0.25, 0.3) is 0 Å². The standard InChI is InChI=1S/C6H10O2/c1-5-6(4-7)2-3-8-5/h4-6H,2-3H2,1H3/t5-,6?/m1/s1. The number of rotatable bonds is 1. The SMILES string of the molecule is C[C@H]1OCCC1C=O. The molecule has 2 atom stereocenters. The van der Waals surface area contributed by atoms with Gasteiger partial charge in [0.05, 0.1) is 6.10 Å². The highest BCUT2D eigenvalue weighted by atomic mass is 16.5. The molecule has 0 bridgehead atoms. The van der Waals surface area contributed by atoms with Crippen LogP contribution in [0.25, 0.3) is 0 Å². The van der Waals surface area contributed by atoms with E-state index in [-0.39, 0.29) is 12.0 Å². The summed E-state index contributed by atoms with van der Waals surface area (Å²) in [5.41, 5.74) is 0. The van der Waals surface area contributed by atoms with Crippen molar-refractivity contribution in [2.75, 3.05) is 6.61 Å².